The van der Waals surface area contributed by atoms with Crippen LogP contribution in [0.1, 0.15) is 59.8 Å². The second kappa shape index (κ2) is 7.70. The summed E-state index contributed by atoms with van der Waals surface area (Å²) in [6, 6.07) is 0.244. The molecule has 0 saturated heterocycles. The van der Waals surface area contributed by atoms with Gasteiger partial charge in [0.2, 0.25) is 5.91 Å². The third-order valence-corrected chi connectivity index (χ3v) is 7.14. The lowest BCUT2D eigenvalue weighted by Crippen LogP contribution is -2.35. The summed E-state index contributed by atoms with van der Waals surface area (Å²) in [5.74, 6) is -2.13. The van der Waals surface area contributed by atoms with Gasteiger partial charge in [0.15, 0.2) is 0 Å². The van der Waals surface area contributed by atoms with Crippen molar-refractivity contribution in [1.82, 2.24) is 5.32 Å². The van der Waals surface area contributed by atoms with E-state index in [9.17, 15) is 19.5 Å². The summed E-state index contributed by atoms with van der Waals surface area (Å²) in [6.07, 6.45) is 9.28. The van der Waals surface area contributed by atoms with Crippen molar-refractivity contribution in [3.8, 4) is 0 Å². The van der Waals surface area contributed by atoms with E-state index in [4.69, 9.17) is 0 Å². The molecule has 7 heteroatoms. The first-order valence-electron chi connectivity index (χ1n) is 10.1. The minimum atomic E-state index is -0.949. The van der Waals surface area contributed by atoms with E-state index in [0.717, 1.165) is 37.7 Å². The fourth-order valence-electron chi connectivity index (χ4n) is 4.15. The van der Waals surface area contributed by atoms with Gasteiger partial charge in [0.1, 0.15) is 5.00 Å². The van der Waals surface area contributed by atoms with E-state index in [1.165, 1.54) is 16.2 Å². The van der Waals surface area contributed by atoms with Crippen molar-refractivity contribution in [2.45, 2.75) is 57.9 Å². The van der Waals surface area contributed by atoms with Gasteiger partial charge in [-0.15, -0.1) is 11.3 Å². The Balaban J connectivity index is 1.61. The molecule has 3 N–H and O–H groups in total. The van der Waals surface area contributed by atoms with Crippen LogP contribution in [0.15, 0.2) is 12.2 Å². The maximum Gasteiger partial charge on any atom is 0.307 e. The Morgan fingerprint density at radius 2 is 1.82 bits per heavy atom. The molecule has 1 heterocycles. The molecule has 2 amide bonds. The summed E-state index contributed by atoms with van der Waals surface area (Å²) in [6.45, 7) is 2.21. The number of nitrogens with one attached hydrogen (secondary N) is 2. The fourth-order valence-corrected chi connectivity index (χ4v) is 5.56. The average molecular weight is 403 g/mol. The molecule has 6 nitrogen and oxygen atoms in total. The molecule has 3 unspecified atom stereocenters. The first-order valence-corrected chi connectivity index (χ1v) is 10.9. The SMILES string of the molecule is CC1CCc2c(sc(NC(=O)C3CC=CCC3C(=O)O)c2C(=O)NC2CC2)C1. The summed E-state index contributed by atoms with van der Waals surface area (Å²) in [5.41, 5.74) is 1.67. The zero-order valence-corrected chi connectivity index (χ0v) is 16.8. The van der Waals surface area contributed by atoms with Crippen LogP contribution in [0, 0.1) is 17.8 Å². The third-order valence-electron chi connectivity index (χ3n) is 5.97. The number of hydrogen-bond donors (Lipinski definition) is 3. The van der Waals surface area contributed by atoms with Gasteiger partial charge in [0.05, 0.1) is 17.4 Å². The normalized spacial score (nSPS) is 26.4. The van der Waals surface area contributed by atoms with Crippen molar-refractivity contribution in [1.29, 1.82) is 0 Å². The van der Waals surface area contributed by atoms with Crippen molar-refractivity contribution in [2.24, 2.45) is 17.8 Å². The van der Waals surface area contributed by atoms with E-state index >= 15 is 0 Å². The number of rotatable bonds is 5. The molecule has 0 spiro atoms. The summed E-state index contributed by atoms with van der Waals surface area (Å²) in [7, 11) is 0. The molecule has 1 saturated carbocycles. The summed E-state index contributed by atoms with van der Waals surface area (Å²) < 4.78 is 0. The molecule has 1 aromatic heterocycles. The van der Waals surface area contributed by atoms with Gasteiger partial charge in [-0.1, -0.05) is 19.1 Å². The maximum absolute atomic E-state index is 12.9. The highest BCUT2D eigenvalue weighted by Gasteiger charge is 2.36. The number of aliphatic carboxylic acids is 1. The molecule has 3 aliphatic rings. The molecule has 0 aromatic carbocycles. The van der Waals surface area contributed by atoms with Crippen LogP contribution in [0.25, 0.3) is 0 Å². The quantitative estimate of drug-likeness (QED) is 0.658. The second-order valence-electron chi connectivity index (χ2n) is 8.29. The lowest BCUT2D eigenvalue weighted by atomic mass is 9.82. The minimum Gasteiger partial charge on any atom is -0.481 e. The molecular weight excluding hydrogens is 376 g/mol. The predicted molar refractivity (Wildman–Crippen MR) is 108 cm³/mol. The molecule has 150 valence electrons. The van der Waals surface area contributed by atoms with E-state index in [-0.39, 0.29) is 17.9 Å². The van der Waals surface area contributed by atoms with Crippen LogP contribution in [-0.4, -0.2) is 28.9 Å². The van der Waals surface area contributed by atoms with Crippen LogP contribution in [-0.2, 0) is 22.4 Å². The van der Waals surface area contributed by atoms with Crippen LogP contribution >= 0.6 is 11.3 Å². The Bertz CT molecular complexity index is 840. The first kappa shape index (κ1) is 19.2. The highest BCUT2D eigenvalue weighted by molar-refractivity contribution is 7.17. The van der Waals surface area contributed by atoms with Crippen molar-refractivity contribution in [2.75, 3.05) is 5.32 Å². The van der Waals surface area contributed by atoms with Crippen molar-refractivity contribution in [3.63, 3.8) is 0 Å². The fraction of sp³-hybridized carbons (Fsp3) is 0.571. The molecule has 1 aromatic rings. The largest absolute Gasteiger partial charge is 0.481 e. The standard InChI is InChI=1S/C21H26N2O4S/c1-11-6-9-15-16(10-11)28-20(17(15)19(25)22-12-7-8-12)23-18(24)13-4-2-3-5-14(13)21(26)27/h2-3,11-14H,4-10H2,1H3,(H,22,25)(H,23,24)(H,26,27). The Morgan fingerprint density at radius 3 is 2.50 bits per heavy atom. The van der Waals surface area contributed by atoms with Crippen molar-refractivity contribution >= 4 is 34.1 Å². The smallest absolute Gasteiger partial charge is 0.307 e. The lowest BCUT2D eigenvalue weighted by molar-refractivity contribution is -0.146. The highest BCUT2D eigenvalue weighted by Crippen LogP contribution is 2.40. The van der Waals surface area contributed by atoms with Crippen molar-refractivity contribution in [3.05, 3.63) is 28.2 Å². The Morgan fingerprint density at radius 1 is 1.11 bits per heavy atom. The molecule has 0 aliphatic heterocycles. The van der Waals surface area contributed by atoms with Crippen LogP contribution in [0.2, 0.25) is 0 Å². The van der Waals surface area contributed by atoms with Crippen LogP contribution in [0.3, 0.4) is 0 Å². The Hall–Kier alpha value is -2.15. The number of allylic oxidation sites excluding steroid dienone is 2. The predicted octanol–water partition coefficient (Wildman–Crippen LogP) is 3.37. The van der Waals surface area contributed by atoms with Gasteiger partial charge in [-0.05, 0) is 56.4 Å². The average Bonchev–Trinajstić information content (AvgIpc) is 3.40. The topological polar surface area (TPSA) is 95.5 Å². The summed E-state index contributed by atoms with van der Waals surface area (Å²) >= 11 is 1.49. The monoisotopic (exact) mass is 402 g/mol. The van der Waals surface area contributed by atoms with E-state index < -0.39 is 17.8 Å². The molecule has 3 atom stereocenters. The highest BCUT2D eigenvalue weighted by atomic mass is 32.1. The lowest BCUT2D eigenvalue weighted by Gasteiger charge is -2.24. The van der Waals surface area contributed by atoms with Gasteiger partial charge < -0.3 is 15.7 Å². The Labute approximate surface area is 168 Å². The van der Waals surface area contributed by atoms with E-state index in [1.54, 1.807) is 0 Å². The minimum absolute atomic E-state index is 0.108. The second-order valence-corrected chi connectivity index (χ2v) is 9.39. The molecule has 3 aliphatic carbocycles. The van der Waals surface area contributed by atoms with Gasteiger partial charge >= 0.3 is 5.97 Å². The molecule has 4 rings (SSSR count). The van der Waals surface area contributed by atoms with E-state index in [0.29, 0.717) is 29.3 Å². The number of carboxylic acid groups (broad SMARTS) is 1. The summed E-state index contributed by atoms with van der Waals surface area (Å²) in [5, 5.41) is 16.0. The number of hydrogen-bond acceptors (Lipinski definition) is 4. The van der Waals surface area contributed by atoms with Crippen LogP contribution < -0.4 is 10.6 Å². The zero-order valence-electron chi connectivity index (χ0n) is 16.0. The van der Waals surface area contributed by atoms with Gasteiger partial charge in [-0.3, -0.25) is 14.4 Å². The molecule has 1 fully saturated rings. The zero-order chi connectivity index (χ0) is 19.8. The number of fused-ring (bicyclic) bond motifs is 1. The van der Waals surface area contributed by atoms with Gasteiger partial charge in [-0.2, -0.15) is 0 Å². The maximum atomic E-state index is 12.9. The van der Waals surface area contributed by atoms with Gasteiger partial charge in [-0.25, -0.2) is 0 Å². The number of thiophene rings is 1. The number of anilines is 1. The number of carbonyl (C=O) groups is 3. The molecule has 28 heavy (non-hydrogen) atoms. The molecule has 0 bridgehead atoms. The number of carboxylic acids is 1. The third kappa shape index (κ3) is 3.85. The first-order chi connectivity index (χ1) is 13.4. The van der Waals surface area contributed by atoms with Crippen LogP contribution in [0.5, 0.6) is 0 Å². The van der Waals surface area contributed by atoms with Crippen LogP contribution in [0.4, 0.5) is 5.00 Å². The summed E-state index contributed by atoms with van der Waals surface area (Å²) in [4.78, 5) is 38.6. The van der Waals surface area contributed by atoms with Gasteiger partial charge in [0, 0.05) is 10.9 Å². The van der Waals surface area contributed by atoms with Gasteiger partial charge in [0.25, 0.3) is 5.91 Å². The molecular formula is C21H26N2O4S. The molecule has 0 radical (unpaired) electrons. The number of carbonyl (C=O) groups excluding carboxylic acids is 2. The van der Waals surface area contributed by atoms with Crippen molar-refractivity contribution < 1.29 is 19.5 Å². The van der Waals surface area contributed by atoms with E-state index in [2.05, 4.69) is 17.6 Å². The van der Waals surface area contributed by atoms with E-state index in [1.807, 2.05) is 12.2 Å². The Kier molecular flexibility index (Phi) is 5.27. The number of amides is 2.